The van der Waals surface area contributed by atoms with Crippen molar-refractivity contribution in [1.29, 1.82) is 0 Å². The average Bonchev–Trinajstić information content (AvgIpc) is 2.17. The molecule has 82 valence electrons. The van der Waals surface area contributed by atoms with Gasteiger partial charge in [-0.3, -0.25) is 0 Å². The molecule has 2 nitrogen and oxygen atoms in total. The van der Waals surface area contributed by atoms with Gasteiger partial charge < -0.3 is 10.5 Å². The van der Waals surface area contributed by atoms with Crippen LogP contribution in [0, 0.1) is 0 Å². The summed E-state index contributed by atoms with van der Waals surface area (Å²) in [7, 11) is 1.59. The van der Waals surface area contributed by atoms with Gasteiger partial charge >= 0.3 is 0 Å². The van der Waals surface area contributed by atoms with Crippen molar-refractivity contribution < 1.29 is 4.74 Å². The summed E-state index contributed by atoms with van der Waals surface area (Å²) >= 11 is 5.92. The maximum atomic E-state index is 6.01. The van der Waals surface area contributed by atoms with E-state index in [2.05, 4.69) is 6.58 Å². The van der Waals surface area contributed by atoms with Crippen LogP contribution in [0.5, 0.6) is 5.75 Å². The van der Waals surface area contributed by atoms with E-state index in [-0.39, 0.29) is 6.04 Å². The number of hydrogen-bond donors (Lipinski definition) is 1. The summed E-state index contributed by atoms with van der Waals surface area (Å²) < 4.78 is 5.13. The molecule has 0 saturated carbocycles. The third-order valence-corrected chi connectivity index (χ3v) is 2.48. The molecule has 0 aliphatic heterocycles. The summed E-state index contributed by atoms with van der Waals surface area (Å²) in [5.74, 6) is 0.659. The molecule has 0 bridgehead atoms. The Morgan fingerprint density at radius 3 is 2.80 bits per heavy atom. The Bertz CT molecular complexity index is 363. The molecule has 1 rings (SSSR count). The molecule has 0 amide bonds. The van der Waals surface area contributed by atoms with Gasteiger partial charge in [0.25, 0.3) is 0 Å². The number of benzene rings is 1. The minimum absolute atomic E-state index is 0.0475. The molecule has 0 heterocycles. The van der Waals surface area contributed by atoms with E-state index in [0.717, 1.165) is 17.6 Å². The first-order valence-electron chi connectivity index (χ1n) is 4.78. The average molecular weight is 226 g/mol. The van der Waals surface area contributed by atoms with Gasteiger partial charge in [0.2, 0.25) is 0 Å². The number of hydrogen-bond acceptors (Lipinski definition) is 2. The number of ether oxygens (including phenoxy) is 1. The van der Waals surface area contributed by atoms with Crippen LogP contribution in [0.1, 0.15) is 24.9 Å². The van der Waals surface area contributed by atoms with Crippen LogP contribution in [0.25, 0.3) is 0 Å². The van der Waals surface area contributed by atoms with Gasteiger partial charge in [-0.15, -0.1) is 6.58 Å². The summed E-state index contributed by atoms with van der Waals surface area (Å²) in [6, 6.07) is 5.54. The molecule has 1 atom stereocenters. The molecular weight excluding hydrogens is 210 g/mol. The summed E-state index contributed by atoms with van der Waals surface area (Å²) in [6.07, 6.45) is 0.769. The topological polar surface area (TPSA) is 35.2 Å². The number of methoxy groups -OCH3 is 1. The van der Waals surface area contributed by atoms with Crippen molar-refractivity contribution in [2.45, 2.75) is 19.4 Å². The van der Waals surface area contributed by atoms with Crippen LogP contribution in [0.15, 0.2) is 30.4 Å². The predicted octanol–water partition coefficient (Wildman–Crippen LogP) is 3.31. The third kappa shape index (κ3) is 3.26. The van der Waals surface area contributed by atoms with E-state index in [9.17, 15) is 0 Å². The molecule has 0 aromatic heterocycles. The van der Waals surface area contributed by atoms with Gasteiger partial charge in [-0.2, -0.15) is 0 Å². The molecule has 0 saturated heterocycles. The summed E-state index contributed by atoms with van der Waals surface area (Å²) in [6.45, 7) is 5.81. The second-order valence-corrected chi connectivity index (χ2v) is 4.07. The van der Waals surface area contributed by atoms with E-state index in [0.29, 0.717) is 10.8 Å². The number of rotatable bonds is 4. The van der Waals surface area contributed by atoms with Crippen LogP contribution < -0.4 is 10.5 Å². The Kier molecular flexibility index (Phi) is 4.18. The first-order chi connectivity index (χ1) is 7.04. The maximum Gasteiger partial charge on any atom is 0.137 e. The largest absolute Gasteiger partial charge is 0.495 e. The minimum atomic E-state index is -0.0475. The number of nitrogens with two attached hydrogens (primary N) is 1. The van der Waals surface area contributed by atoms with Crippen LogP contribution in [0.2, 0.25) is 5.02 Å². The standard InChI is InChI=1S/C12H16ClNO/c1-8(2)6-11(14)9-4-5-10(13)12(7-9)15-3/h4-5,7,11H,1,6,14H2,2-3H3/t11-/m1/s1. The maximum absolute atomic E-state index is 6.01. The van der Waals surface area contributed by atoms with Crippen molar-refractivity contribution in [2.75, 3.05) is 7.11 Å². The molecule has 1 aromatic rings. The van der Waals surface area contributed by atoms with Gasteiger partial charge in [0.15, 0.2) is 0 Å². The normalized spacial score (nSPS) is 12.3. The highest BCUT2D eigenvalue weighted by Crippen LogP contribution is 2.28. The minimum Gasteiger partial charge on any atom is -0.495 e. The van der Waals surface area contributed by atoms with Gasteiger partial charge in [-0.05, 0) is 31.0 Å². The van der Waals surface area contributed by atoms with Crippen LogP contribution in [-0.4, -0.2) is 7.11 Å². The Labute approximate surface area is 95.7 Å². The van der Waals surface area contributed by atoms with Gasteiger partial charge in [-0.25, -0.2) is 0 Å². The molecule has 1 aromatic carbocycles. The Hall–Kier alpha value is -0.990. The molecule has 0 radical (unpaired) electrons. The van der Waals surface area contributed by atoms with Crippen molar-refractivity contribution in [3.05, 3.63) is 40.9 Å². The van der Waals surface area contributed by atoms with Gasteiger partial charge in [-0.1, -0.05) is 23.2 Å². The lowest BCUT2D eigenvalue weighted by Gasteiger charge is -2.13. The number of halogens is 1. The Balaban J connectivity index is 2.90. The molecule has 0 aliphatic carbocycles. The summed E-state index contributed by atoms with van der Waals surface area (Å²) in [5, 5.41) is 0.601. The highest BCUT2D eigenvalue weighted by molar-refractivity contribution is 6.32. The van der Waals surface area contributed by atoms with Crippen molar-refractivity contribution in [1.82, 2.24) is 0 Å². The molecule has 0 fully saturated rings. The monoisotopic (exact) mass is 225 g/mol. The predicted molar refractivity (Wildman–Crippen MR) is 64.4 cm³/mol. The molecule has 0 spiro atoms. The van der Waals surface area contributed by atoms with Crippen molar-refractivity contribution in [2.24, 2.45) is 5.73 Å². The zero-order valence-electron chi connectivity index (χ0n) is 9.09. The smallest absolute Gasteiger partial charge is 0.137 e. The van der Waals surface area contributed by atoms with E-state index in [1.807, 2.05) is 19.1 Å². The van der Waals surface area contributed by atoms with Crippen molar-refractivity contribution in [3.8, 4) is 5.75 Å². The lowest BCUT2D eigenvalue weighted by Crippen LogP contribution is -2.10. The first kappa shape index (κ1) is 12.1. The van der Waals surface area contributed by atoms with Crippen LogP contribution in [0.3, 0.4) is 0 Å². The van der Waals surface area contributed by atoms with Gasteiger partial charge in [0.05, 0.1) is 12.1 Å². The fraction of sp³-hybridized carbons (Fsp3) is 0.333. The van der Waals surface area contributed by atoms with E-state index < -0.39 is 0 Å². The Morgan fingerprint density at radius 1 is 1.60 bits per heavy atom. The Morgan fingerprint density at radius 2 is 2.27 bits per heavy atom. The zero-order valence-corrected chi connectivity index (χ0v) is 9.84. The van der Waals surface area contributed by atoms with Gasteiger partial charge in [0.1, 0.15) is 5.75 Å². The highest BCUT2D eigenvalue weighted by atomic mass is 35.5. The van der Waals surface area contributed by atoms with Crippen molar-refractivity contribution >= 4 is 11.6 Å². The van der Waals surface area contributed by atoms with E-state index >= 15 is 0 Å². The quantitative estimate of drug-likeness (QED) is 0.798. The molecule has 3 heteroatoms. The fourth-order valence-corrected chi connectivity index (χ4v) is 1.59. The second kappa shape index (κ2) is 5.19. The molecular formula is C12H16ClNO. The molecule has 0 unspecified atom stereocenters. The van der Waals surface area contributed by atoms with Crippen LogP contribution in [0.4, 0.5) is 0 Å². The zero-order chi connectivity index (χ0) is 11.4. The first-order valence-corrected chi connectivity index (χ1v) is 5.15. The molecule has 0 aliphatic rings. The van der Waals surface area contributed by atoms with E-state index in [1.165, 1.54) is 0 Å². The third-order valence-electron chi connectivity index (χ3n) is 2.17. The lowest BCUT2D eigenvalue weighted by atomic mass is 10.0. The molecule has 2 N–H and O–H groups in total. The molecule has 15 heavy (non-hydrogen) atoms. The van der Waals surface area contributed by atoms with Crippen LogP contribution in [-0.2, 0) is 0 Å². The van der Waals surface area contributed by atoms with Crippen LogP contribution >= 0.6 is 11.6 Å². The van der Waals surface area contributed by atoms with E-state index in [4.69, 9.17) is 22.1 Å². The second-order valence-electron chi connectivity index (χ2n) is 3.66. The van der Waals surface area contributed by atoms with Gasteiger partial charge in [0, 0.05) is 6.04 Å². The van der Waals surface area contributed by atoms with Crippen molar-refractivity contribution in [3.63, 3.8) is 0 Å². The summed E-state index contributed by atoms with van der Waals surface area (Å²) in [4.78, 5) is 0. The fourth-order valence-electron chi connectivity index (χ4n) is 1.40. The lowest BCUT2D eigenvalue weighted by molar-refractivity contribution is 0.414. The summed E-state index contributed by atoms with van der Waals surface area (Å²) in [5.41, 5.74) is 8.09. The SMILES string of the molecule is C=C(C)C[C@@H](N)c1ccc(Cl)c(OC)c1. The highest BCUT2D eigenvalue weighted by Gasteiger charge is 2.09. The van der Waals surface area contributed by atoms with E-state index in [1.54, 1.807) is 13.2 Å².